The SMILES string of the molecule is Cc1ccccc1C(=O)Nc1ccc(SCC(=O)Nc2cccc3c2C(=O)c2ccccc2C3=O)cc1. The normalized spacial score (nSPS) is 11.9. The summed E-state index contributed by atoms with van der Waals surface area (Å²) in [4.78, 5) is 52.1. The van der Waals surface area contributed by atoms with Crippen molar-refractivity contribution in [1.82, 2.24) is 0 Å². The van der Waals surface area contributed by atoms with E-state index >= 15 is 0 Å². The molecule has 1 aliphatic carbocycles. The van der Waals surface area contributed by atoms with E-state index < -0.39 is 0 Å². The minimum atomic E-state index is -0.297. The van der Waals surface area contributed by atoms with Crippen LogP contribution in [-0.2, 0) is 4.79 Å². The molecule has 0 heterocycles. The number of anilines is 2. The first-order chi connectivity index (χ1) is 17.9. The zero-order chi connectivity index (χ0) is 25.9. The molecule has 2 amide bonds. The molecule has 0 aromatic heterocycles. The number of hydrogen-bond donors (Lipinski definition) is 2. The van der Waals surface area contributed by atoms with Crippen LogP contribution in [0.1, 0.15) is 47.8 Å². The molecule has 0 spiro atoms. The van der Waals surface area contributed by atoms with Gasteiger partial charge in [-0.2, -0.15) is 0 Å². The maximum absolute atomic E-state index is 13.1. The highest BCUT2D eigenvalue weighted by Gasteiger charge is 2.31. The summed E-state index contributed by atoms with van der Waals surface area (Å²) in [6.45, 7) is 1.89. The third-order valence-corrected chi connectivity index (χ3v) is 7.11. The lowest BCUT2D eigenvalue weighted by Gasteiger charge is -2.20. The van der Waals surface area contributed by atoms with Gasteiger partial charge < -0.3 is 10.6 Å². The van der Waals surface area contributed by atoms with Gasteiger partial charge >= 0.3 is 0 Å². The zero-order valence-electron chi connectivity index (χ0n) is 19.9. The van der Waals surface area contributed by atoms with Crippen LogP contribution >= 0.6 is 11.8 Å². The van der Waals surface area contributed by atoms with Crippen LogP contribution in [0, 0.1) is 6.92 Å². The minimum absolute atomic E-state index is 0.108. The summed E-state index contributed by atoms with van der Waals surface area (Å²) in [7, 11) is 0. The van der Waals surface area contributed by atoms with E-state index in [1.807, 2.05) is 37.3 Å². The number of thioether (sulfide) groups is 1. The lowest BCUT2D eigenvalue weighted by atomic mass is 9.83. The van der Waals surface area contributed by atoms with E-state index in [2.05, 4.69) is 10.6 Å². The minimum Gasteiger partial charge on any atom is -0.325 e. The van der Waals surface area contributed by atoms with Gasteiger partial charge in [0.1, 0.15) is 0 Å². The third-order valence-electron chi connectivity index (χ3n) is 6.10. The molecule has 0 aliphatic heterocycles. The number of fused-ring (bicyclic) bond motifs is 2. The van der Waals surface area contributed by atoms with E-state index in [0.717, 1.165) is 10.5 Å². The van der Waals surface area contributed by atoms with Gasteiger partial charge in [0.25, 0.3) is 5.91 Å². The van der Waals surface area contributed by atoms with Crippen molar-refractivity contribution >= 4 is 46.5 Å². The standard InChI is InChI=1S/C30H22N2O4S/c1-18-7-2-3-8-21(18)30(36)31-19-13-15-20(16-14-19)37-17-26(33)32-25-12-6-11-24-27(25)29(35)23-10-5-4-9-22(23)28(24)34/h2-16H,17H2,1H3,(H,31,36)(H,32,33). The molecule has 7 heteroatoms. The molecule has 0 fully saturated rings. The number of nitrogens with one attached hydrogen (secondary N) is 2. The molecule has 1 aliphatic rings. The molecule has 6 nitrogen and oxygen atoms in total. The van der Waals surface area contributed by atoms with Crippen molar-refractivity contribution < 1.29 is 19.2 Å². The van der Waals surface area contributed by atoms with E-state index in [4.69, 9.17) is 0 Å². The van der Waals surface area contributed by atoms with E-state index in [9.17, 15) is 19.2 Å². The Kier molecular flexibility index (Phi) is 6.70. The molecular formula is C30H22N2O4S. The number of hydrogen-bond acceptors (Lipinski definition) is 5. The first-order valence-electron chi connectivity index (χ1n) is 11.6. The number of carbonyl (C=O) groups excluding carboxylic acids is 4. The largest absolute Gasteiger partial charge is 0.325 e. The molecule has 0 bridgehead atoms. The van der Waals surface area contributed by atoms with Gasteiger partial charge in [-0.05, 0) is 48.9 Å². The molecule has 0 saturated carbocycles. The highest BCUT2D eigenvalue weighted by atomic mass is 32.2. The second-order valence-corrected chi connectivity index (χ2v) is 9.61. The Labute approximate surface area is 218 Å². The Bertz CT molecular complexity index is 1560. The number of aryl methyl sites for hydroxylation is 1. The predicted octanol–water partition coefficient (Wildman–Crippen LogP) is 5.75. The second-order valence-electron chi connectivity index (χ2n) is 8.56. The van der Waals surface area contributed by atoms with Crippen molar-refractivity contribution in [2.75, 3.05) is 16.4 Å². The van der Waals surface area contributed by atoms with E-state index in [-0.39, 0.29) is 40.3 Å². The van der Waals surface area contributed by atoms with E-state index in [1.165, 1.54) is 11.8 Å². The Morgan fingerprint density at radius 1 is 0.703 bits per heavy atom. The van der Waals surface area contributed by atoms with Gasteiger partial charge in [-0.15, -0.1) is 11.8 Å². The summed E-state index contributed by atoms with van der Waals surface area (Å²) < 4.78 is 0. The Morgan fingerprint density at radius 2 is 1.35 bits per heavy atom. The van der Waals surface area contributed by atoms with Crippen LogP contribution in [0.4, 0.5) is 11.4 Å². The highest BCUT2D eigenvalue weighted by Crippen LogP contribution is 2.32. The first-order valence-corrected chi connectivity index (χ1v) is 12.6. The predicted molar refractivity (Wildman–Crippen MR) is 145 cm³/mol. The van der Waals surface area contributed by atoms with Crippen LogP contribution in [-0.4, -0.2) is 29.1 Å². The van der Waals surface area contributed by atoms with Gasteiger partial charge in [0, 0.05) is 32.8 Å². The van der Waals surface area contributed by atoms with Crippen molar-refractivity contribution in [3.63, 3.8) is 0 Å². The summed E-state index contributed by atoms with van der Waals surface area (Å²) in [6, 6.07) is 26.2. The summed E-state index contributed by atoms with van der Waals surface area (Å²) in [5.74, 6) is -0.881. The van der Waals surface area contributed by atoms with Crippen LogP contribution in [0.5, 0.6) is 0 Å². The lowest BCUT2D eigenvalue weighted by Crippen LogP contribution is -2.24. The molecule has 37 heavy (non-hydrogen) atoms. The summed E-state index contributed by atoms with van der Waals surface area (Å²) in [5, 5.41) is 5.67. The van der Waals surface area contributed by atoms with Crippen LogP contribution < -0.4 is 10.6 Å². The fourth-order valence-electron chi connectivity index (χ4n) is 4.24. The Morgan fingerprint density at radius 3 is 2.08 bits per heavy atom. The van der Waals surface area contributed by atoms with Crippen molar-refractivity contribution in [2.45, 2.75) is 11.8 Å². The molecule has 5 rings (SSSR count). The lowest BCUT2D eigenvalue weighted by molar-refractivity contribution is -0.113. The maximum atomic E-state index is 13.1. The number of ketones is 2. The van der Waals surface area contributed by atoms with Crippen molar-refractivity contribution in [3.8, 4) is 0 Å². The Hall–Kier alpha value is -4.49. The first kappa shape index (κ1) is 24.2. The molecule has 4 aromatic rings. The smallest absolute Gasteiger partial charge is 0.255 e. The van der Waals surface area contributed by atoms with Crippen LogP contribution in [0.15, 0.2) is 95.9 Å². The molecule has 2 N–H and O–H groups in total. The van der Waals surface area contributed by atoms with Gasteiger partial charge in [0.2, 0.25) is 5.91 Å². The monoisotopic (exact) mass is 506 g/mol. The average molecular weight is 507 g/mol. The highest BCUT2D eigenvalue weighted by molar-refractivity contribution is 8.00. The molecule has 182 valence electrons. The van der Waals surface area contributed by atoms with Gasteiger partial charge in [-0.25, -0.2) is 0 Å². The van der Waals surface area contributed by atoms with E-state index in [0.29, 0.717) is 28.1 Å². The van der Waals surface area contributed by atoms with Crippen molar-refractivity contribution in [3.05, 3.63) is 124 Å². The number of amides is 2. The molecule has 4 aromatic carbocycles. The maximum Gasteiger partial charge on any atom is 0.255 e. The summed E-state index contributed by atoms with van der Waals surface area (Å²) >= 11 is 1.32. The molecule has 0 saturated heterocycles. The molecule has 0 radical (unpaired) electrons. The van der Waals surface area contributed by atoms with E-state index in [1.54, 1.807) is 60.7 Å². The fourth-order valence-corrected chi connectivity index (χ4v) is 4.94. The van der Waals surface area contributed by atoms with Crippen LogP contribution in [0.3, 0.4) is 0 Å². The molecular weight excluding hydrogens is 484 g/mol. The van der Waals surface area contributed by atoms with Crippen LogP contribution in [0.25, 0.3) is 0 Å². The average Bonchev–Trinajstić information content (AvgIpc) is 2.91. The summed E-state index contributed by atoms with van der Waals surface area (Å²) in [5.41, 5.74) is 3.71. The fraction of sp³-hybridized carbons (Fsp3) is 0.0667. The topological polar surface area (TPSA) is 92.3 Å². The van der Waals surface area contributed by atoms with Crippen molar-refractivity contribution in [1.29, 1.82) is 0 Å². The Balaban J connectivity index is 1.23. The van der Waals surface area contributed by atoms with Gasteiger partial charge in [0.05, 0.1) is 17.0 Å². The van der Waals surface area contributed by atoms with Gasteiger partial charge in [-0.3, -0.25) is 19.2 Å². The molecule has 0 atom stereocenters. The number of benzene rings is 4. The third kappa shape index (κ3) is 4.94. The van der Waals surface area contributed by atoms with Gasteiger partial charge in [0.15, 0.2) is 11.6 Å². The van der Waals surface area contributed by atoms with Crippen LogP contribution in [0.2, 0.25) is 0 Å². The number of rotatable bonds is 6. The quantitative estimate of drug-likeness (QED) is 0.286. The van der Waals surface area contributed by atoms with Gasteiger partial charge in [-0.1, -0.05) is 54.6 Å². The zero-order valence-corrected chi connectivity index (χ0v) is 20.7. The summed E-state index contributed by atoms with van der Waals surface area (Å²) in [6.07, 6.45) is 0. The molecule has 0 unspecified atom stereocenters. The number of carbonyl (C=O) groups is 4. The second kappa shape index (κ2) is 10.2. The van der Waals surface area contributed by atoms with Crippen molar-refractivity contribution in [2.24, 2.45) is 0 Å².